The highest BCUT2D eigenvalue weighted by atomic mass is 127. The van der Waals surface area contributed by atoms with Crippen molar-refractivity contribution in [1.29, 1.82) is 0 Å². The lowest BCUT2D eigenvalue weighted by Gasteiger charge is -2.24. The summed E-state index contributed by atoms with van der Waals surface area (Å²) >= 11 is 1.92. The van der Waals surface area contributed by atoms with Gasteiger partial charge in [0.25, 0.3) is 0 Å². The number of ether oxygens (including phenoxy) is 3. The molecule has 0 spiro atoms. The first-order valence-electron chi connectivity index (χ1n) is 17.9. The molecule has 2 rings (SSSR count). The predicted octanol–water partition coefficient (Wildman–Crippen LogP) is 3.71. The van der Waals surface area contributed by atoms with Crippen molar-refractivity contribution in [2.24, 2.45) is 11.3 Å². The van der Waals surface area contributed by atoms with E-state index in [2.05, 4.69) is 31.9 Å². The Bertz CT molecular complexity index is 1570. The summed E-state index contributed by atoms with van der Waals surface area (Å²) in [4.78, 5) is 85.7. The van der Waals surface area contributed by atoms with E-state index in [0.717, 1.165) is 5.56 Å². The highest BCUT2D eigenvalue weighted by Gasteiger charge is 2.27. The largest absolute Gasteiger partial charge is 0.461 e. The van der Waals surface area contributed by atoms with Gasteiger partial charge in [-0.25, -0.2) is 9.59 Å². The number of nitrogens with one attached hydrogen (secondary N) is 6. The fourth-order valence-electron chi connectivity index (χ4n) is 4.61. The number of amides is 6. The van der Waals surface area contributed by atoms with E-state index in [4.69, 9.17) is 14.2 Å². The predicted molar refractivity (Wildman–Crippen MR) is 213 cm³/mol. The number of rotatable bonds is 22. The second-order valence-electron chi connectivity index (χ2n) is 13.8. The Morgan fingerprint density at radius 1 is 0.673 bits per heavy atom. The van der Waals surface area contributed by atoms with Crippen LogP contribution in [0.1, 0.15) is 65.0 Å². The van der Waals surface area contributed by atoms with Gasteiger partial charge in [-0.3, -0.25) is 24.0 Å². The summed E-state index contributed by atoms with van der Waals surface area (Å²) < 4.78 is 16.1. The minimum Gasteiger partial charge on any atom is -0.461 e. The Balaban J connectivity index is 1.63. The molecule has 2 atom stereocenters. The van der Waals surface area contributed by atoms with E-state index < -0.39 is 47.4 Å². The number of carbonyl (C=O) groups is 7. The van der Waals surface area contributed by atoms with Gasteiger partial charge in [0.1, 0.15) is 25.3 Å². The molecule has 6 amide bonds. The maximum atomic E-state index is 12.9. The SMILES string of the molecule is CC(C)[C@H](NC(=O)CCNC(=O)CI)C(=O)N[C@@H](C)C(=O)Nc1ccc(COC(=O)NCCNC(=O)OCC(C)(C)CCC(=O)OCc2ccccc2)cc1. The molecule has 0 unspecified atom stereocenters. The summed E-state index contributed by atoms with van der Waals surface area (Å²) in [5.74, 6) is -2.18. The number of hydrogen-bond acceptors (Lipinski definition) is 10. The molecule has 0 heterocycles. The normalized spacial score (nSPS) is 12.0. The summed E-state index contributed by atoms with van der Waals surface area (Å²) in [7, 11) is 0. The molecule has 0 aliphatic heterocycles. The summed E-state index contributed by atoms with van der Waals surface area (Å²) in [5.41, 5.74) is 1.54. The standard InChI is InChI=1S/C38H53IN6O10/c1-25(2)33(45-30(46)16-18-40-31(47)21-39)35(50)43-26(3)34(49)44-29-13-11-28(12-14-29)23-54-36(51)41-19-20-42-37(52)55-24-38(4,5)17-15-32(48)53-22-27-9-7-6-8-10-27/h6-14,25-26,33H,15-24H2,1-5H3,(H,40,47)(H,41,51)(H,42,52)(H,43,50)(H,44,49)(H,45,46)/t26-,33-/m0/s1. The number of halogens is 1. The van der Waals surface area contributed by atoms with Crippen LogP contribution in [0, 0.1) is 11.3 Å². The number of esters is 1. The van der Waals surface area contributed by atoms with Gasteiger partial charge in [-0.05, 0) is 47.9 Å². The number of benzene rings is 2. The first-order valence-corrected chi connectivity index (χ1v) is 19.4. The fourth-order valence-corrected chi connectivity index (χ4v) is 4.88. The Morgan fingerprint density at radius 3 is 1.89 bits per heavy atom. The fraction of sp³-hybridized carbons (Fsp3) is 0.500. The van der Waals surface area contributed by atoms with Gasteiger partial charge in [0.2, 0.25) is 23.6 Å². The van der Waals surface area contributed by atoms with Crippen molar-refractivity contribution in [3.8, 4) is 0 Å². The molecule has 2 aromatic carbocycles. The molecular weight excluding hydrogens is 827 g/mol. The number of alkyl halides is 1. The third-order valence-electron chi connectivity index (χ3n) is 7.91. The van der Waals surface area contributed by atoms with Gasteiger partial charge in [-0.2, -0.15) is 0 Å². The quantitative estimate of drug-likeness (QED) is 0.0331. The molecule has 16 nitrogen and oxygen atoms in total. The van der Waals surface area contributed by atoms with Gasteiger partial charge in [-0.15, -0.1) is 0 Å². The van der Waals surface area contributed by atoms with E-state index in [1.54, 1.807) is 38.1 Å². The average molecular weight is 881 g/mol. The van der Waals surface area contributed by atoms with Crippen molar-refractivity contribution in [2.75, 3.05) is 36.0 Å². The molecule has 0 fully saturated rings. The van der Waals surface area contributed by atoms with Crippen LogP contribution in [0.4, 0.5) is 15.3 Å². The lowest BCUT2D eigenvalue weighted by Crippen LogP contribution is -2.54. The van der Waals surface area contributed by atoms with Crippen LogP contribution in [0.25, 0.3) is 0 Å². The van der Waals surface area contributed by atoms with Gasteiger partial charge in [-0.1, -0.05) is 92.8 Å². The third-order valence-corrected chi connectivity index (χ3v) is 8.60. The number of anilines is 1. The zero-order valence-corrected chi connectivity index (χ0v) is 34.1. The van der Waals surface area contributed by atoms with Crippen LogP contribution in [0.5, 0.6) is 0 Å². The topological polar surface area (TPSA) is 219 Å². The molecule has 302 valence electrons. The molecule has 6 N–H and O–H groups in total. The Morgan fingerprint density at radius 2 is 1.27 bits per heavy atom. The second-order valence-corrected chi connectivity index (χ2v) is 14.5. The van der Waals surface area contributed by atoms with Gasteiger partial charge in [0.05, 0.1) is 11.0 Å². The number of carbonyl (C=O) groups excluding carboxylic acids is 7. The summed E-state index contributed by atoms with van der Waals surface area (Å²) in [5, 5.41) is 15.7. The Hall–Kier alpha value is -4.94. The monoisotopic (exact) mass is 880 g/mol. The van der Waals surface area contributed by atoms with Crippen LogP contribution < -0.4 is 31.9 Å². The van der Waals surface area contributed by atoms with E-state index in [9.17, 15) is 33.6 Å². The highest BCUT2D eigenvalue weighted by Crippen LogP contribution is 2.23. The van der Waals surface area contributed by atoms with Crippen LogP contribution in [0.2, 0.25) is 0 Å². The smallest absolute Gasteiger partial charge is 0.407 e. The maximum absolute atomic E-state index is 12.9. The molecule has 0 bridgehead atoms. The molecule has 0 saturated heterocycles. The first-order chi connectivity index (χ1) is 26.1. The molecule has 0 aliphatic carbocycles. The minimum absolute atomic E-state index is 0.0103. The average Bonchev–Trinajstić information content (AvgIpc) is 3.16. The van der Waals surface area contributed by atoms with Crippen molar-refractivity contribution in [1.82, 2.24) is 26.6 Å². The summed E-state index contributed by atoms with van der Waals surface area (Å²) in [6.45, 7) is 9.38. The Kier molecular flexibility index (Phi) is 20.6. The lowest BCUT2D eigenvalue weighted by molar-refractivity contribution is -0.145. The van der Waals surface area contributed by atoms with Crippen molar-refractivity contribution in [3.63, 3.8) is 0 Å². The summed E-state index contributed by atoms with van der Waals surface area (Å²) in [6, 6.07) is 14.1. The van der Waals surface area contributed by atoms with E-state index in [0.29, 0.717) is 17.7 Å². The lowest BCUT2D eigenvalue weighted by atomic mass is 9.89. The molecule has 0 aromatic heterocycles. The van der Waals surface area contributed by atoms with Crippen molar-refractivity contribution in [3.05, 3.63) is 65.7 Å². The zero-order valence-electron chi connectivity index (χ0n) is 32.0. The van der Waals surface area contributed by atoms with Crippen LogP contribution in [-0.4, -0.2) is 84.5 Å². The Labute approximate surface area is 335 Å². The van der Waals surface area contributed by atoms with Crippen LogP contribution in [0.15, 0.2) is 54.6 Å². The van der Waals surface area contributed by atoms with E-state index >= 15 is 0 Å². The highest BCUT2D eigenvalue weighted by molar-refractivity contribution is 14.1. The molecule has 0 radical (unpaired) electrons. The van der Waals surface area contributed by atoms with Crippen LogP contribution >= 0.6 is 22.6 Å². The number of hydrogen-bond donors (Lipinski definition) is 6. The van der Waals surface area contributed by atoms with Crippen molar-refractivity contribution in [2.45, 2.75) is 79.2 Å². The van der Waals surface area contributed by atoms with Gasteiger partial charge >= 0.3 is 18.2 Å². The molecular formula is C38H53IN6O10. The maximum Gasteiger partial charge on any atom is 0.407 e. The van der Waals surface area contributed by atoms with Crippen molar-refractivity contribution >= 4 is 70.1 Å². The van der Waals surface area contributed by atoms with Gasteiger partial charge < -0.3 is 46.1 Å². The number of alkyl carbamates (subject to hydrolysis) is 2. The van der Waals surface area contributed by atoms with Gasteiger partial charge in [0.15, 0.2) is 0 Å². The molecule has 17 heteroatoms. The summed E-state index contributed by atoms with van der Waals surface area (Å²) in [6.07, 6.45) is -0.697. The third kappa shape index (κ3) is 19.8. The van der Waals surface area contributed by atoms with Crippen LogP contribution in [0.3, 0.4) is 0 Å². The van der Waals surface area contributed by atoms with E-state index in [-0.39, 0.29) is 74.5 Å². The van der Waals surface area contributed by atoms with Gasteiger partial charge in [0, 0.05) is 38.2 Å². The molecule has 0 saturated carbocycles. The molecule has 2 aromatic rings. The van der Waals surface area contributed by atoms with E-state index in [1.807, 2.05) is 66.8 Å². The first kappa shape index (κ1) is 46.2. The second kappa shape index (κ2) is 24.5. The van der Waals surface area contributed by atoms with Crippen molar-refractivity contribution < 1.29 is 47.8 Å². The molecule has 0 aliphatic rings. The van der Waals surface area contributed by atoms with E-state index in [1.165, 1.54) is 6.92 Å². The van der Waals surface area contributed by atoms with Crippen LogP contribution in [-0.2, 0) is 51.4 Å². The molecule has 55 heavy (non-hydrogen) atoms. The zero-order chi connectivity index (χ0) is 40.8. The minimum atomic E-state index is -0.920.